The molecule has 0 spiro atoms. The minimum absolute atomic E-state index is 0.0360. The predicted octanol–water partition coefficient (Wildman–Crippen LogP) is 3.46. The highest BCUT2D eigenvalue weighted by molar-refractivity contribution is 5.82. The Bertz CT molecular complexity index is 729. The first-order valence-corrected chi connectivity index (χ1v) is 9.07. The normalized spacial score (nSPS) is 17.9. The van der Waals surface area contributed by atoms with Crippen LogP contribution in [-0.2, 0) is 11.3 Å². The van der Waals surface area contributed by atoms with E-state index in [9.17, 15) is 4.79 Å². The van der Waals surface area contributed by atoms with Crippen molar-refractivity contribution in [3.8, 4) is 11.4 Å². The molecule has 1 unspecified atom stereocenters. The fourth-order valence-corrected chi connectivity index (χ4v) is 3.33. The number of hydrogen-bond acceptors (Lipinski definition) is 4. The van der Waals surface area contributed by atoms with Gasteiger partial charge in [-0.25, -0.2) is 0 Å². The topological polar surface area (TPSA) is 63.9 Å². The third-order valence-corrected chi connectivity index (χ3v) is 4.58. The number of likely N-dealkylation sites (tertiary alicyclic amines) is 1. The van der Waals surface area contributed by atoms with Gasteiger partial charge in [0.1, 0.15) is 5.69 Å². The molecule has 0 radical (unpaired) electrons. The molecule has 6 heteroatoms. The average Bonchev–Trinajstić information content (AvgIpc) is 3.23. The molecule has 3 rings (SSSR count). The lowest BCUT2D eigenvalue weighted by Crippen LogP contribution is -2.39. The van der Waals surface area contributed by atoms with E-state index in [2.05, 4.69) is 22.0 Å². The second-order valence-electron chi connectivity index (χ2n) is 7.67. The van der Waals surface area contributed by atoms with Gasteiger partial charge in [-0.3, -0.25) is 19.4 Å². The van der Waals surface area contributed by atoms with E-state index in [-0.39, 0.29) is 17.4 Å². The zero-order chi connectivity index (χ0) is 18.0. The molecular formula is C19H27N5O. The molecule has 1 fully saturated rings. The molecule has 0 bridgehead atoms. The number of hydrogen-bond donors (Lipinski definition) is 0. The van der Waals surface area contributed by atoms with Crippen molar-refractivity contribution in [2.24, 2.45) is 5.41 Å². The van der Waals surface area contributed by atoms with Gasteiger partial charge in [0.25, 0.3) is 0 Å². The van der Waals surface area contributed by atoms with E-state index < -0.39 is 0 Å². The van der Waals surface area contributed by atoms with Gasteiger partial charge in [0.15, 0.2) is 0 Å². The van der Waals surface area contributed by atoms with Crippen molar-refractivity contribution in [1.82, 2.24) is 24.6 Å². The molecule has 1 atom stereocenters. The van der Waals surface area contributed by atoms with E-state index in [0.717, 1.165) is 49.4 Å². The third-order valence-electron chi connectivity index (χ3n) is 4.58. The van der Waals surface area contributed by atoms with Crippen LogP contribution in [0.3, 0.4) is 0 Å². The first-order valence-electron chi connectivity index (χ1n) is 9.07. The largest absolute Gasteiger partial charge is 0.334 e. The van der Waals surface area contributed by atoms with Gasteiger partial charge >= 0.3 is 0 Å². The lowest BCUT2D eigenvalue weighted by atomic mass is 9.94. The van der Waals surface area contributed by atoms with E-state index in [4.69, 9.17) is 0 Å². The van der Waals surface area contributed by atoms with Crippen LogP contribution in [0.25, 0.3) is 11.4 Å². The van der Waals surface area contributed by atoms with Crippen LogP contribution in [0.15, 0.2) is 24.7 Å². The lowest BCUT2D eigenvalue weighted by Gasteiger charge is -2.30. The van der Waals surface area contributed by atoms with E-state index in [0.29, 0.717) is 0 Å². The van der Waals surface area contributed by atoms with E-state index in [1.165, 1.54) is 0 Å². The van der Waals surface area contributed by atoms with Crippen LogP contribution >= 0.6 is 0 Å². The molecule has 3 heterocycles. The predicted molar refractivity (Wildman–Crippen MR) is 96.7 cm³/mol. The second-order valence-corrected chi connectivity index (χ2v) is 7.67. The zero-order valence-corrected chi connectivity index (χ0v) is 15.6. The van der Waals surface area contributed by atoms with Gasteiger partial charge in [-0.1, -0.05) is 27.7 Å². The Morgan fingerprint density at radius 2 is 2.08 bits per heavy atom. The number of carbonyl (C=O) groups is 1. The van der Waals surface area contributed by atoms with Crippen molar-refractivity contribution >= 4 is 5.91 Å². The Morgan fingerprint density at radius 3 is 2.72 bits per heavy atom. The molecule has 0 N–H and O–H groups in total. The molecule has 1 aliphatic heterocycles. The highest BCUT2D eigenvalue weighted by Crippen LogP contribution is 2.34. The van der Waals surface area contributed by atoms with Crippen LogP contribution < -0.4 is 0 Å². The Hall–Kier alpha value is -2.24. The van der Waals surface area contributed by atoms with Crippen LogP contribution in [0.1, 0.15) is 58.7 Å². The van der Waals surface area contributed by atoms with E-state index in [1.807, 2.05) is 42.6 Å². The van der Waals surface area contributed by atoms with Crippen LogP contribution in [0, 0.1) is 5.41 Å². The number of amides is 1. The summed E-state index contributed by atoms with van der Waals surface area (Å²) in [5, 5.41) is 4.34. The number of aromatic nitrogens is 4. The fourth-order valence-electron chi connectivity index (χ4n) is 3.33. The molecule has 0 aliphatic carbocycles. The molecular weight excluding hydrogens is 314 g/mol. The number of nitrogens with zero attached hydrogens (tertiary/aromatic N) is 5. The Balaban J connectivity index is 1.82. The molecule has 2 aromatic rings. The van der Waals surface area contributed by atoms with Gasteiger partial charge < -0.3 is 4.90 Å². The summed E-state index contributed by atoms with van der Waals surface area (Å²) in [5.74, 6) is 0.182. The zero-order valence-electron chi connectivity index (χ0n) is 15.6. The minimum Gasteiger partial charge on any atom is -0.334 e. The second kappa shape index (κ2) is 6.94. The highest BCUT2D eigenvalue weighted by Gasteiger charge is 2.36. The average molecular weight is 341 g/mol. The maximum Gasteiger partial charge on any atom is 0.228 e. The van der Waals surface area contributed by atoms with Crippen molar-refractivity contribution in [3.63, 3.8) is 0 Å². The molecule has 134 valence electrons. The fraction of sp³-hybridized carbons (Fsp3) is 0.579. The number of aryl methyl sites for hydroxylation is 1. The Kier molecular flexibility index (Phi) is 4.88. The molecule has 1 aliphatic rings. The maximum atomic E-state index is 12.7. The quantitative estimate of drug-likeness (QED) is 0.854. The maximum absolute atomic E-state index is 12.7. The van der Waals surface area contributed by atoms with Crippen LogP contribution in [0.2, 0.25) is 0 Å². The number of carbonyl (C=O) groups excluding carboxylic acids is 1. The SMILES string of the molecule is CCCn1nccc1-c1cnc(C2CCCN2C(=O)C(C)(C)C)cn1. The smallest absolute Gasteiger partial charge is 0.228 e. The van der Waals surface area contributed by atoms with Gasteiger partial charge in [0.05, 0.1) is 29.8 Å². The summed E-state index contributed by atoms with van der Waals surface area (Å²) < 4.78 is 1.95. The van der Waals surface area contributed by atoms with Crippen LogP contribution in [0.4, 0.5) is 0 Å². The molecule has 2 aromatic heterocycles. The summed E-state index contributed by atoms with van der Waals surface area (Å²) in [6.07, 6.45) is 8.39. The third kappa shape index (κ3) is 3.57. The van der Waals surface area contributed by atoms with Crippen molar-refractivity contribution in [2.75, 3.05) is 6.54 Å². The standard InChI is InChI=1S/C19H27N5O/c1-5-10-24-17(8-9-22-24)15-13-20-14(12-21-15)16-7-6-11-23(16)18(25)19(2,3)4/h8-9,12-13,16H,5-7,10-11H2,1-4H3. The van der Waals surface area contributed by atoms with Gasteiger partial charge in [0, 0.05) is 24.7 Å². The minimum atomic E-state index is -0.372. The molecule has 0 aromatic carbocycles. The number of rotatable bonds is 4. The van der Waals surface area contributed by atoms with Crippen LogP contribution in [-0.4, -0.2) is 37.1 Å². The first-order chi connectivity index (χ1) is 11.9. The summed E-state index contributed by atoms with van der Waals surface area (Å²) in [7, 11) is 0. The molecule has 6 nitrogen and oxygen atoms in total. The van der Waals surface area contributed by atoms with Crippen molar-refractivity contribution in [2.45, 2.75) is 59.5 Å². The van der Waals surface area contributed by atoms with E-state index >= 15 is 0 Å². The van der Waals surface area contributed by atoms with Gasteiger partial charge in [-0.15, -0.1) is 0 Å². The Morgan fingerprint density at radius 1 is 1.28 bits per heavy atom. The highest BCUT2D eigenvalue weighted by atomic mass is 16.2. The van der Waals surface area contributed by atoms with Gasteiger partial charge in [-0.05, 0) is 25.3 Å². The van der Waals surface area contributed by atoms with E-state index in [1.54, 1.807) is 12.4 Å². The van der Waals surface area contributed by atoms with Gasteiger partial charge in [-0.2, -0.15) is 5.10 Å². The monoisotopic (exact) mass is 341 g/mol. The van der Waals surface area contributed by atoms with Crippen molar-refractivity contribution in [1.29, 1.82) is 0 Å². The molecule has 0 saturated carbocycles. The van der Waals surface area contributed by atoms with Crippen molar-refractivity contribution in [3.05, 3.63) is 30.4 Å². The molecule has 1 amide bonds. The Labute approximate surface area is 149 Å². The molecule has 1 saturated heterocycles. The first kappa shape index (κ1) is 17.6. The summed E-state index contributed by atoms with van der Waals surface area (Å²) in [6.45, 7) is 9.69. The summed E-state index contributed by atoms with van der Waals surface area (Å²) in [4.78, 5) is 23.9. The summed E-state index contributed by atoms with van der Waals surface area (Å²) in [5.41, 5.74) is 2.31. The van der Waals surface area contributed by atoms with Gasteiger partial charge in [0.2, 0.25) is 5.91 Å². The lowest BCUT2D eigenvalue weighted by molar-refractivity contribution is -0.140. The summed E-state index contributed by atoms with van der Waals surface area (Å²) in [6, 6.07) is 2.00. The van der Waals surface area contributed by atoms with Crippen molar-refractivity contribution < 1.29 is 4.79 Å². The summed E-state index contributed by atoms with van der Waals surface area (Å²) >= 11 is 0. The van der Waals surface area contributed by atoms with Crippen LogP contribution in [0.5, 0.6) is 0 Å². The molecule has 25 heavy (non-hydrogen) atoms.